The fraction of sp³-hybridized carbons (Fsp3) is 0.400. The van der Waals surface area contributed by atoms with Gasteiger partial charge in [0.25, 0.3) is 0 Å². The van der Waals surface area contributed by atoms with Crippen LogP contribution in [0.5, 0.6) is 0 Å². The molecule has 3 radical (unpaired) electrons. The molecule has 0 aliphatic carbocycles. The third kappa shape index (κ3) is 4.39. The van der Waals surface area contributed by atoms with Gasteiger partial charge in [-0.1, -0.05) is 6.04 Å². The summed E-state index contributed by atoms with van der Waals surface area (Å²) in [5.41, 5.74) is 1.08. The Kier molecular flexibility index (Phi) is 8.09. The van der Waals surface area contributed by atoms with E-state index in [1.165, 1.54) is 0 Å². The Labute approximate surface area is 147 Å². The van der Waals surface area contributed by atoms with Gasteiger partial charge in [-0.2, -0.15) is 0 Å². The first kappa shape index (κ1) is 16.9. The fourth-order valence-electron chi connectivity index (χ4n) is 1.13. The number of halogens is 5. The summed E-state index contributed by atoms with van der Waals surface area (Å²) in [6.45, 7) is 1.31. The molecule has 0 aromatic heterocycles. The zero-order valence-corrected chi connectivity index (χ0v) is 17.6. The molecule has 1 aromatic rings. The Morgan fingerprint density at radius 3 is 1.76 bits per heavy atom. The standard InChI is InChI=1S/C10H8Br5OSi/c11-6-5(4-16-2-1-3-17)7(12)9(14)10(15)8(6)13/h1-4H2. The van der Waals surface area contributed by atoms with Crippen molar-refractivity contribution in [2.24, 2.45) is 0 Å². The molecule has 0 heterocycles. The average Bonchev–Trinajstić information content (AvgIpc) is 2.33. The Bertz CT molecular complexity index is 381. The van der Waals surface area contributed by atoms with E-state index in [-0.39, 0.29) is 0 Å². The topological polar surface area (TPSA) is 9.23 Å². The van der Waals surface area contributed by atoms with Gasteiger partial charge in [-0.25, -0.2) is 0 Å². The van der Waals surface area contributed by atoms with Crippen molar-refractivity contribution in [2.75, 3.05) is 6.61 Å². The normalized spacial score (nSPS) is 10.9. The zero-order chi connectivity index (χ0) is 13.0. The zero-order valence-electron chi connectivity index (χ0n) is 8.63. The van der Waals surface area contributed by atoms with Crippen molar-refractivity contribution in [3.8, 4) is 0 Å². The Hall–Kier alpha value is 1.80. The summed E-state index contributed by atoms with van der Waals surface area (Å²) >= 11 is 17.7. The first-order valence-electron chi connectivity index (χ1n) is 4.73. The van der Waals surface area contributed by atoms with Gasteiger partial charge in [0.1, 0.15) is 0 Å². The minimum Gasteiger partial charge on any atom is -0.377 e. The number of benzene rings is 1. The lowest BCUT2D eigenvalue weighted by molar-refractivity contribution is 0.120. The van der Waals surface area contributed by atoms with Crippen molar-refractivity contribution in [1.82, 2.24) is 0 Å². The second-order valence-corrected chi connectivity index (χ2v) is 7.67. The summed E-state index contributed by atoms with van der Waals surface area (Å²) < 4.78 is 10.5. The third-order valence-electron chi connectivity index (χ3n) is 2.01. The third-order valence-corrected chi connectivity index (χ3v) is 8.62. The van der Waals surface area contributed by atoms with E-state index in [0.717, 1.165) is 47.0 Å². The van der Waals surface area contributed by atoms with Crippen molar-refractivity contribution >= 4 is 89.9 Å². The van der Waals surface area contributed by atoms with Crippen molar-refractivity contribution in [3.05, 3.63) is 27.9 Å². The molecule has 0 aliphatic rings. The number of hydrogen-bond donors (Lipinski definition) is 0. The van der Waals surface area contributed by atoms with Crippen LogP contribution in [0.25, 0.3) is 0 Å². The van der Waals surface area contributed by atoms with E-state index < -0.39 is 0 Å². The van der Waals surface area contributed by atoms with Gasteiger partial charge in [0, 0.05) is 44.8 Å². The highest BCUT2D eigenvalue weighted by Crippen LogP contribution is 2.44. The molecule has 0 aliphatic heterocycles. The fourth-order valence-corrected chi connectivity index (χ4v) is 4.63. The molecule has 1 nitrogen and oxygen atoms in total. The molecule has 1 aromatic carbocycles. The average molecular weight is 572 g/mol. The lowest BCUT2D eigenvalue weighted by atomic mass is 10.2. The molecule has 0 saturated carbocycles. The van der Waals surface area contributed by atoms with E-state index in [2.05, 4.69) is 89.9 Å². The maximum absolute atomic E-state index is 5.62. The molecule has 0 bridgehead atoms. The van der Waals surface area contributed by atoms with E-state index in [0.29, 0.717) is 6.61 Å². The minimum atomic E-state index is 0.567. The molecule has 0 unspecified atom stereocenters. The molecular formula is C10H8Br5OSi. The van der Waals surface area contributed by atoms with Crippen LogP contribution >= 0.6 is 79.6 Å². The van der Waals surface area contributed by atoms with Crippen molar-refractivity contribution < 1.29 is 4.74 Å². The summed E-state index contributed by atoms with van der Waals surface area (Å²) in [4.78, 5) is 0. The second-order valence-electron chi connectivity index (χ2n) is 3.20. The van der Waals surface area contributed by atoms with Crippen LogP contribution in [-0.2, 0) is 11.3 Å². The quantitative estimate of drug-likeness (QED) is 0.183. The van der Waals surface area contributed by atoms with Crippen molar-refractivity contribution in [2.45, 2.75) is 19.1 Å². The Morgan fingerprint density at radius 2 is 1.29 bits per heavy atom. The van der Waals surface area contributed by atoms with Crippen molar-refractivity contribution in [1.29, 1.82) is 0 Å². The SMILES string of the molecule is [Si]CCCOCc1c(Br)c(Br)c(Br)c(Br)c1Br. The molecule has 93 valence electrons. The summed E-state index contributed by atoms with van der Waals surface area (Å²) in [5, 5.41) is 0. The Morgan fingerprint density at radius 1 is 0.824 bits per heavy atom. The van der Waals surface area contributed by atoms with Crippen LogP contribution in [0, 0.1) is 0 Å². The molecule has 7 heteroatoms. The van der Waals surface area contributed by atoms with Gasteiger partial charge >= 0.3 is 0 Å². The molecule has 1 rings (SSSR count). The van der Waals surface area contributed by atoms with Gasteiger partial charge in [-0.05, 0) is 86.1 Å². The van der Waals surface area contributed by atoms with Gasteiger partial charge in [0.15, 0.2) is 0 Å². The maximum Gasteiger partial charge on any atom is 0.0739 e. The van der Waals surface area contributed by atoms with Gasteiger partial charge in [-0.15, -0.1) is 0 Å². The number of hydrogen-bond acceptors (Lipinski definition) is 1. The van der Waals surface area contributed by atoms with Gasteiger partial charge in [0.2, 0.25) is 0 Å². The predicted octanol–water partition coefficient (Wildman–Crippen LogP) is 5.99. The second kappa shape index (κ2) is 8.17. The van der Waals surface area contributed by atoms with Crippen LogP contribution in [0.4, 0.5) is 0 Å². The lowest BCUT2D eigenvalue weighted by Gasteiger charge is -2.13. The predicted molar refractivity (Wildman–Crippen MR) is 89.8 cm³/mol. The maximum atomic E-state index is 5.62. The first-order valence-corrected chi connectivity index (χ1v) is 9.40. The van der Waals surface area contributed by atoms with Gasteiger partial charge in [0.05, 0.1) is 6.61 Å². The molecular weight excluding hydrogens is 564 g/mol. The Balaban J connectivity index is 2.92. The smallest absolute Gasteiger partial charge is 0.0739 e. The van der Waals surface area contributed by atoms with Crippen LogP contribution in [0.2, 0.25) is 6.04 Å². The molecule has 0 fully saturated rings. The highest BCUT2D eigenvalue weighted by atomic mass is 79.9. The molecule has 0 atom stereocenters. The summed E-state index contributed by atoms with van der Waals surface area (Å²) in [7, 11) is 3.42. The van der Waals surface area contributed by atoms with E-state index in [4.69, 9.17) is 4.74 Å². The monoisotopic (exact) mass is 567 g/mol. The number of rotatable bonds is 5. The summed E-state index contributed by atoms with van der Waals surface area (Å²) in [6.07, 6.45) is 1.00. The lowest BCUT2D eigenvalue weighted by Crippen LogP contribution is -1.99. The largest absolute Gasteiger partial charge is 0.377 e. The van der Waals surface area contributed by atoms with Crippen LogP contribution in [0.3, 0.4) is 0 Å². The molecule has 0 amide bonds. The summed E-state index contributed by atoms with van der Waals surface area (Å²) in [5.74, 6) is 0. The van der Waals surface area contributed by atoms with Crippen LogP contribution in [0.15, 0.2) is 22.4 Å². The van der Waals surface area contributed by atoms with Crippen LogP contribution < -0.4 is 0 Å². The van der Waals surface area contributed by atoms with E-state index in [1.54, 1.807) is 0 Å². The molecule has 0 saturated heterocycles. The molecule has 0 N–H and O–H groups in total. The highest BCUT2D eigenvalue weighted by Gasteiger charge is 2.17. The highest BCUT2D eigenvalue weighted by molar-refractivity contribution is 9.15. The van der Waals surface area contributed by atoms with Crippen LogP contribution in [0.1, 0.15) is 12.0 Å². The van der Waals surface area contributed by atoms with Gasteiger partial charge in [-0.3, -0.25) is 0 Å². The van der Waals surface area contributed by atoms with E-state index in [9.17, 15) is 0 Å². The van der Waals surface area contributed by atoms with Gasteiger partial charge < -0.3 is 4.74 Å². The summed E-state index contributed by atoms with van der Waals surface area (Å²) in [6, 6.07) is 0.954. The van der Waals surface area contributed by atoms with E-state index >= 15 is 0 Å². The molecule has 0 spiro atoms. The first-order chi connectivity index (χ1) is 8.00. The van der Waals surface area contributed by atoms with E-state index in [1.807, 2.05) is 0 Å². The van der Waals surface area contributed by atoms with Crippen molar-refractivity contribution in [3.63, 3.8) is 0 Å². The molecule has 17 heavy (non-hydrogen) atoms. The number of ether oxygens (including phenoxy) is 1. The van der Waals surface area contributed by atoms with Crippen LogP contribution in [-0.4, -0.2) is 16.8 Å². The minimum absolute atomic E-state index is 0.567.